The van der Waals surface area contributed by atoms with Crippen molar-refractivity contribution >= 4 is 45.1 Å². The van der Waals surface area contributed by atoms with Gasteiger partial charge in [-0.1, -0.05) is 36.0 Å². The first-order chi connectivity index (χ1) is 15.3. The largest absolute Gasteiger partial charge is 0.427 e. The number of rotatable bonds is 6. The zero-order valence-electron chi connectivity index (χ0n) is 17.7. The highest BCUT2D eigenvalue weighted by atomic mass is 32.2. The maximum atomic E-state index is 12.7. The number of esters is 1. The highest BCUT2D eigenvalue weighted by molar-refractivity contribution is 7.98. The Hall–Kier alpha value is -3.23. The lowest BCUT2D eigenvalue weighted by Crippen LogP contribution is -2.19. The third-order valence-electron chi connectivity index (χ3n) is 4.92. The third kappa shape index (κ3) is 4.51. The monoisotopic (exact) mass is 464 g/mol. The summed E-state index contributed by atoms with van der Waals surface area (Å²) in [5.41, 5.74) is 3.03. The SMILES string of the molecule is CC(=O)Oc1ccc(C(=O)c2ccc(CSc3nc4scc(C)c4c(=O)n3C)cc2)cc1. The molecule has 2 aromatic heterocycles. The summed E-state index contributed by atoms with van der Waals surface area (Å²) in [6.07, 6.45) is 0. The lowest BCUT2D eigenvalue weighted by Gasteiger charge is -2.08. The number of ketones is 1. The van der Waals surface area contributed by atoms with Gasteiger partial charge in [-0.3, -0.25) is 19.0 Å². The van der Waals surface area contributed by atoms with E-state index in [0.29, 0.717) is 33.2 Å². The van der Waals surface area contributed by atoms with Crippen LogP contribution in [0.25, 0.3) is 10.2 Å². The van der Waals surface area contributed by atoms with Gasteiger partial charge in [-0.25, -0.2) is 4.98 Å². The number of carbonyl (C=O) groups excluding carboxylic acids is 2. The smallest absolute Gasteiger partial charge is 0.308 e. The second-order valence-electron chi connectivity index (χ2n) is 7.29. The minimum absolute atomic E-state index is 0.0306. The quantitative estimate of drug-likeness (QED) is 0.135. The number of fused-ring (bicyclic) bond motifs is 1. The van der Waals surface area contributed by atoms with Crippen molar-refractivity contribution in [2.75, 3.05) is 0 Å². The molecule has 0 N–H and O–H groups in total. The van der Waals surface area contributed by atoms with Crippen molar-refractivity contribution in [2.24, 2.45) is 7.05 Å². The van der Waals surface area contributed by atoms with Crippen LogP contribution < -0.4 is 10.3 Å². The van der Waals surface area contributed by atoms with Gasteiger partial charge in [-0.05, 0) is 47.7 Å². The van der Waals surface area contributed by atoms with E-state index in [2.05, 4.69) is 4.98 Å². The molecule has 32 heavy (non-hydrogen) atoms. The molecular formula is C24H20N2O4S2. The number of aromatic nitrogens is 2. The Kier molecular flexibility index (Phi) is 6.25. The average Bonchev–Trinajstić information content (AvgIpc) is 3.15. The molecule has 0 amide bonds. The molecule has 0 spiro atoms. The highest BCUT2D eigenvalue weighted by Gasteiger charge is 2.13. The van der Waals surface area contributed by atoms with Gasteiger partial charge >= 0.3 is 5.97 Å². The lowest BCUT2D eigenvalue weighted by atomic mass is 10.0. The molecule has 0 fully saturated rings. The molecule has 2 heterocycles. The van der Waals surface area contributed by atoms with E-state index in [1.165, 1.54) is 30.0 Å². The van der Waals surface area contributed by atoms with E-state index >= 15 is 0 Å². The van der Waals surface area contributed by atoms with Crippen molar-refractivity contribution in [3.63, 3.8) is 0 Å². The molecule has 0 saturated carbocycles. The van der Waals surface area contributed by atoms with Gasteiger partial charge in [0.05, 0.1) is 5.39 Å². The first-order valence-corrected chi connectivity index (χ1v) is 11.7. The first kappa shape index (κ1) is 22.0. The fourth-order valence-corrected chi connectivity index (χ4v) is 5.12. The molecule has 0 aliphatic rings. The third-order valence-corrected chi connectivity index (χ3v) is 7.01. The molecule has 0 saturated heterocycles. The highest BCUT2D eigenvalue weighted by Crippen LogP contribution is 2.26. The van der Waals surface area contributed by atoms with Crippen molar-refractivity contribution in [3.05, 3.63) is 86.5 Å². The zero-order chi connectivity index (χ0) is 22.8. The van der Waals surface area contributed by atoms with Crippen molar-refractivity contribution in [2.45, 2.75) is 24.8 Å². The fourth-order valence-electron chi connectivity index (χ4n) is 3.23. The van der Waals surface area contributed by atoms with Gasteiger partial charge < -0.3 is 4.74 Å². The summed E-state index contributed by atoms with van der Waals surface area (Å²) in [6, 6.07) is 13.9. The second kappa shape index (κ2) is 9.10. The Labute approximate surface area is 192 Å². The second-order valence-corrected chi connectivity index (χ2v) is 9.09. The normalized spacial score (nSPS) is 11.0. The predicted octanol–water partition coefficient (Wildman–Crippen LogP) is 4.75. The average molecular weight is 465 g/mol. The number of thiophene rings is 1. The Morgan fingerprint density at radius 2 is 1.69 bits per heavy atom. The molecule has 8 heteroatoms. The Morgan fingerprint density at radius 1 is 1.06 bits per heavy atom. The van der Waals surface area contributed by atoms with Gasteiger partial charge in [0.2, 0.25) is 0 Å². The van der Waals surface area contributed by atoms with Gasteiger partial charge in [-0.15, -0.1) is 11.3 Å². The number of hydrogen-bond acceptors (Lipinski definition) is 7. The van der Waals surface area contributed by atoms with Crippen molar-refractivity contribution in [1.82, 2.24) is 9.55 Å². The minimum atomic E-state index is -0.404. The van der Waals surface area contributed by atoms with Gasteiger partial charge in [-0.2, -0.15) is 0 Å². The summed E-state index contributed by atoms with van der Waals surface area (Å²) in [6.45, 7) is 3.25. The molecule has 4 aromatic rings. The van der Waals surface area contributed by atoms with Gasteiger partial charge in [0, 0.05) is 30.9 Å². The molecule has 0 atom stereocenters. The Balaban J connectivity index is 1.46. The molecule has 4 rings (SSSR count). The maximum Gasteiger partial charge on any atom is 0.308 e. The molecule has 2 aromatic carbocycles. The number of benzene rings is 2. The van der Waals surface area contributed by atoms with Gasteiger partial charge in [0.25, 0.3) is 5.56 Å². The number of hydrogen-bond donors (Lipinski definition) is 0. The fraction of sp³-hybridized carbons (Fsp3) is 0.167. The van der Waals surface area contributed by atoms with E-state index in [1.807, 2.05) is 24.4 Å². The number of thioether (sulfide) groups is 1. The Morgan fingerprint density at radius 3 is 2.31 bits per heavy atom. The first-order valence-electron chi connectivity index (χ1n) is 9.83. The van der Waals surface area contributed by atoms with Crippen LogP contribution in [0.3, 0.4) is 0 Å². The summed E-state index contributed by atoms with van der Waals surface area (Å²) in [5.74, 6) is 0.515. The van der Waals surface area contributed by atoms with Crippen LogP contribution in [0.1, 0.15) is 34.0 Å². The van der Waals surface area contributed by atoms with Crippen molar-refractivity contribution in [1.29, 1.82) is 0 Å². The van der Waals surface area contributed by atoms with Crippen molar-refractivity contribution < 1.29 is 14.3 Å². The van der Waals surface area contributed by atoms with Crippen LogP contribution in [0.2, 0.25) is 0 Å². The van der Waals surface area contributed by atoms with E-state index in [-0.39, 0.29) is 11.3 Å². The molecule has 6 nitrogen and oxygen atoms in total. The molecule has 162 valence electrons. The number of nitrogens with zero attached hydrogens (tertiary/aromatic N) is 2. The topological polar surface area (TPSA) is 78.3 Å². The van der Waals surface area contributed by atoms with E-state index in [1.54, 1.807) is 48.0 Å². The molecule has 0 aliphatic carbocycles. The van der Waals surface area contributed by atoms with Crippen LogP contribution in [0.5, 0.6) is 5.75 Å². The molecule has 0 aliphatic heterocycles. The van der Waals surface area contributed by atoms with Crippen LogP contribution in [-0.2, 0) is 17.6 Å². The summed E-state index contributed by atoms with van der Waals surface area (Å²) in [4.78, 5) is 41.8. The van der Waals surface area contributed by atoms with E-state index in [0.717, 1.165) is 16.0 Å². The molecule has 0 unspecified atom stereocenters. The van der Waals surface area contributed by atoms with Crippen LogP contribution in [0.15, 0.2) is 63.9 Å². The van der Waals surface area contributed by atoms with Gasteiger partial charge in [0.1, 0.15) is 10.6 Å². The van der Waals surface area contributed by atoms with Crippen molar-refractivity contribution in [3.8, 4) is 5.75 Å². The standard InChI is InChI=1S/C24H20N2O4S2/c1-14-12-31-22-20(14)23(29)26(3)24(25-22)32-13-16-4-6-17(7-5-16)21(28)18-8-10-19(11-9-18)30-15(2)27/h4-12H,13H2,1-3H3. The summed E-state index contributed by atoms with van der Waals surface area (Å²) >= 11 is 2.97. The number of aryl methyl sites for hydroxylation is 1. The van der Waals surface area contributed by atoms with Crippen LogP contribution in [-0.4, -0.2) is 21.3 Å². The lowest BCUT2D eigenvalue weighted by molar-refractivity contribution is -0.131. The predicted molar refractivity (Wildman–Crippen MR) is 127 cm³/mol. The molecular weight excluding hydrogens is 444 g/mol. The van der Waals surface area contributed by atoms with Gasteiger partial charge in [0.15, 0.2) is 10.9 Å². The molecule has 0 radical (unpaired) electrons. The maximum absolute atomic E-state index is 12.7. The van der Waals surface area contributed by atoms with Crippen LogP contribution >= 0.6 is 23.1 Å². The summed E-state index contributed by atoms with van der Waals surface area (Å²) < 4.78 is 6.58. The Bertz CT molecular complexity index is 1370. The van der Waals surface area contributed by atoms with Crippen LogP contribution in [0, 0.1) is 6.92 Å². The molecule has 0 bridgehead atoms. The van der Waals surface area contributed by atoms with E-state index in [4.69, 9.17) is 4.74 Å². The number of carbonyl (C=O) groups is 2. The summed E-state index contributed by atoms with van der Waals surface area (Å²) in [5, 5.41) is 3.30. The minimum Gasteiger partial charge on any atom is -0.427 e. The van der Waals surface area contributed by atoms with Crippen LogP contribution in [0.4, 0.5) is 0 Å². The number of ether oxygens (including phenoxy) is 1. The van der Waals surface area contributed by atoms with E-state index in [9.17, 15) is 14.4 Å². The van der Waals surface area contributed by atoms with E-state index < -0.39 is 5.97 Å². The zero-order valence-corrected chi connectivity index (χ0v) is 19.4. The summed E-state index contributed by atoms with van der Waals surface area (Å²) in [7, 11) is 1.74.